The van der Waals surface area contributed by atoms with Crippen molar-refractivity contribution in [3.63, 3.8) is 0 Å². The molecule has 0 saturated heterocycles. The van der Waals surface area contributed by atoms with Gasteiger partial charge in [-0.25, -0.2) is 0 Å². The molecule has 2 N–H and O–H groups in total. The van der Waals surface area contributed by atoms with E-state index >= 15 is 0 Å². The molecule has 1 rings (SSSR count). The highest BCUT2D eigenvalue weighted by atomic mass is 15.2. The molecule has 2 heteroatoms. The van der Waals surface area contributed by atoms with Gasteiger partial charge in [-0.15, -0.1) is 0 Å². The van der Waals surface area contributed by atoms with Gasteiger partial charge in [0.2, 0.25) is 0 Å². The Balaban J connectivity index is 2.98. The molecule has 108 valence electrons. The van der Waals surface area contributed by atoms with E-state index < -0.39 is 0 Å². The van der Waals surface area contributed by atoms with E-state index in [9.17, 15) is 0 Å². The number of hydrogen-bond donors (Lipinski definition) is 1. The molecule has 0 heterocycles. The van der Waals surface area contributed by atoms with Crippen molar-refractivity contribution in [2.75, 3.05) is 13.6 Å². The zero-order valence-electron chi connectivity index (χ0n) is 13.4. The first-order chi connectivity index (χ1) is 8.74. The largest absolute Gasteiger partial charge is 0.326 e. The molecule has 2 atom stereocenters. The highest BCUT2D eigenvalue weighted by Gasteiger charge is 2.26. The smallest absolute Gasteiger partial charge is 0.0496 e. The zero-order valence-corrected chi connectivity index (χ0v) is 13.4. The van der Waals surface area contributed by atoms with E-state index in [0.717, 1.165) is 13.0 Å². The topological polar surface area (TPSA) is 29.3 Å². The quantitative estimate of drug-likeness (QED) is 0.875. The summed E-state index contributed by atoms with van der Waals surface area (Å²) in [7, 11) is 2.19. The Labute approximate surface area is 119 Å². The van der Waals surface area contributed by atoms with Gasteiger partial charge in [-0.05, 0) is 31.4 Å². The zero-order chi connectivity index (χ0) is 14.6. The van der Waals surface area contributed by atoms with E-state index in [1.807, 2.05) is 0 Å². The summed E-state index contributed by atoms with van der Waals surface area (Å²) in [5.74, 6) is 0. The molecule has 0 radical (unpaired) electrons. The molecule has 1 aromatic rings. The Morgan fingerprint density at radius 3 is 2.11 bits per heavy atom. The van der Waals surface area contributed by atoms with Crippen LogP contribution in [0.3, 0.4) is 0 Å². The van der Waals surface area contributed by atoms with E-state index in [-0.39, 0.29) is 11.5 Å². The summed E-state index contributed by atoms with van der Waals surface area (Å²) >= 11 is 0. The van der Waals surface area contributed by atoms with Crippen molar-refractivity contribution in [2.45, 2.75) is 53.1 Å². The van der Waals surface area contributed by atoms with Crippen LogP contribution in [-0.2, 0) is 0 Å². The third kappa shape index (κ3) is 4.96. The first kappa shape index (κ1) is 16.2. The summed E-state index contributed by atoms with van der Waals surface area (Å²) in [6, 6.07) is 9.26. The normalized spacial score (nSPS) is 15.6. The van der Waals surface area contributed by atoms with Gasteiger partial charge in [0.05, 0.1) is 0 Å². The molecule has 0 spiro atoms. The predicted octanol–water partition coefficient (Wildman–Crippen LogP) is 3.75. The summed E-state index contributed by atoms with van der Waals surface area (Å²) in [6.07, 6.45) is 0.993. The standard InChI is InChI=1S/C17H30N2/c1-7-15(18)16(19(6)12-17(3,4)5)14-10-8-13(2)9-11-14/h8-11,15-16H,7,12,18H2,1-6H3. The van der Waals surface area contributed by atoms with Gasteiger partial charge < -0.3 is 5.73 Å². The Kier molecular flexibility index (Phi) is 5.57. The lowest BCUT2D eigenvalue weighted by Gasteiger charge is -2.36. The molecule has 1 aromatic carbocycles. The molecule has 0 saturated carbocycles. The van der Waals surface area contributed by atoms with Gasteiger partial charge in [-0.1, -0.05) is 57.5 Å². The molecule has 0 bridgehead atoms. The Bertz CT molecular complexity index is 375. The third-order valence-electron chi connectivity index (χ3n) is 3.49. The SMILES string of the molecule is CCC(N)C(c1ccc(C)cc1)N(C)CC(C)(C)C. The lowest BCUT2D eigenvalue weighted by atomic mass is 9.91. The highest BCUT2D eigenvalue weighted by molar-refractivity contribution is 5.25. The lowest BCUT2D eigenvalue weighted by Crippen LogP contribution is -2.42. The maximum absolute atomic E-state index is 6.37. The minimum Gasteiger partial charge on any atom is -0.326 e. The minimum absolute atomic E-state index is 0.176. The van der Waals surface area contributed by atoms with Gasteiger partial charge in [-0.2, -0.15) is 0 Å². The average molecular weight is 262 g/mol. The van der Waals surface area contributed by atoms with Crippen LogP contribution in [0.2, 0.25) is 0 Å². The number of nitrogens with two attached hydrogens (primary N) is 1. The second-order valence-electron chi connectivity index (χ2n) is 6.90. The molecular formula is C17H30N2. The average Bonchev–Trinajstić information content (AvgIpc) is 2.29. The highest BCUT2D eigenvalue weighted by Crippen LogP contribution is 2.27. The van der Waals surface area contributed by atoms with Crippen molar-refractivity contribution in [3.05, 3.63) is 35.4 Å². The van der Waals surface area contributed by atoms with Gasteiger partial charge in [0, 0.05) is 18.6 Å². The Morgan fingerprint density at radius 1 is 1.16 bits per heavy atom. The molecule has 0 fully saturated rings. The minimum atomic E-state index is 0.176. The van der Waals surface area contributed by atoms with Crippen LogP contribution in [-0.4, -0.2) is 24.5 Å². The van der Waals surface area contributed by atoms with Crippen molar-refractivity contribution in [2.24, 2.45) is 11.1 Å². The van der Waals surface area contributed by atoms with Crippen LogP contribution >= 0.6 is 0 Å². The summed E-state index contributed by atoms with van der Waals surface area (Å²) in [4.78, 5) is 2.40. The molecule has 0 aliphatic carbocycles. The third-order valence-corrected chi connectivity index (χ3v) is 3.49. The second kappa shape index (κ2) is 6.53. The van der Waals surface area contributed by atoms with Crippen LogP contribution in [0.5, 0.6) is 0 Å². The van der Waals surface area contributed by atoms with Crippen molar-refractivity contribution >= 4 is 0 Å². The maximum atomic E-state index is 6.37. The molecular weight excluding hydrogens is 232 g/mol. The van der Waals surface area contributed by atoms with Crippen molar-refractivity contribution in [1.82, 2.24) is 4.90 Å². The van der Waals surface area contributed by atoms with E-state index in [1.165, 1.54) is 11.1 Å². The Morgan fingerprint density at radius 2 is 1.68 bits per heavy atom. The molecule has 2 nitrogen and oxygen atoms in total. The molecule has 0 aromatic heterocycles. The van der Waals surface area contributed by atoms with Gasteiger partial charge in [0.15, 0.2) is 0 Å². The predicted molar refractivity (Wildman–Crippen MR) is 84.3 cm³/mol. The summed E-state index contributed by atoms with van der Waals surface area (Å²) in [5, 5.41) is 0. The fraction of sp³-hybridized carbons (Fsp3) is 0.647. The van der Waals surface area contributed by atoms with E-state index in [0.29, 0.717) is 6.04 Å². The van der Waals surface area contributed by atoms with Crippen molar-refractivity contribution < 1.29 is 0 Å². The fourth-order valence-electron chi connectivity index (χ4n) is 2.66. The summed E-state index contributed by atoms with van der Waals surface area (Å²) < 4.78 is 0. The van der Waals surface area contributed by atoms with Gasteiger partial charge in [0.1, 0.15) is 0 Å². The summed E-state index contributed by atoms with van der Waals surface area (Å²) in [5.41, 5.74) is 9.27. The first-order valence-electron chi connectivity index (χ1n) is 7.27. The number of hydrogen-bond acceptors (Lipinski definition) is 2. The van der Waals surface area contributed by atoms with E-state index in [1.54, 1.807) is 0 Å². The van der Waals surface area contributed by atoms with E-state index in [4.69, 9.17) is 5.73 Å². The molecule has 19 heavy (non-hydrogen) atoms. The summed E-state index contributed by atoms with van der Waals surface area (Å²) in [6.45, 7) is 12.1. The van der Waals surface area contributed by atoms with Crippen molar-refractivity contribution in [1.29, 1.82) is 0 Å². The number of likely N-dealkylation sites (N-methyl/N-ethyl adjacent to an activating group) is 1. The molecule has 0 aliphatic rings. The number of benzene rings is 1. The van der Waals surface area contributed by atoms with Crippen LogP contribution in [0.25, 0.3) is 0 Å². The fourth-order valence-corrected chi connectivity index (χ4v) is 2.66. The molecule has 2 unspecified atom stereocenters. The van der Waals surface area contributed by atoms with Crippen molar-refractivity contribution in [3.8, 4) is 0 Å². The lowest BCUT2D eigenvalue weighted by molar-refractivity contribution is 0.151. The van der Waals surface area contributed by atoms with Gasteiger partial charge in [-0.3, -0.25) is 4.90 Å². The monoisotopic (exact) mass is 262 g/mol. The molecule has 0 aliphatic heterocycles. The maximum Gasteiger partial charge on any atom is 0.0496 e. The van der Waals surface area contributed by atoms with E-state index in [2.05, 4.69) is 70.8 Å². The van der Waals surface area contributed by atoms with Crippen LogP contribution in [0.15, 0.2) is 24.3 Å². The Hall–Kier alpha value is -0.860. The second-order valence-corrected chi connectivity index (χ2v) is 6.90. The van der Waals surface area contributed by atoms with Gasteiger partial charge >= 0.3 is 0 Å². The van der Waals surface area contributed by atoms with Crippen LogP contribution in [0.4, 0.5) is 0 Å². The van der Waals surface area contributed by atoms with Gasteiger partial charge in [0.25, 0.3) is 0 Å². The number of nitrogens with zero attached hydrogens (tertiary/aromatic N) is 1. The number of aryl methyl sites for hydroxylation is 1. The van der Waals surface area contributed by atoms with Crippen LogP contribution in [0, 0.1) is 12.3 Å². The van der Waals surface area contributed by atoms with Crippen LogP contribution in [0.1, 0.15) is 51.3 Å². The first-order valence-corrected chi connectivity index (χ1v) is 7.27. The number of rotatable bonds is 5. The molecule has 0 amide bonds. The van der Waals surface area contributed by atoms with Crippen LogP contribution < -0.4 is 5.73 Å².